The van der Waals surface area contributed by atoms with Gasteiger partial charge in [-0.2, -0.15) is 4.98 Å². The van der Waals surface area contributed by atoms with Gasteiger partial charge in [-0.25, -0.2) is 12.9 Å². The van der Waals surface area contributed by atoms with Gasteiger partial charge in [0.25, 0.3) is 0 Å². The Kier molecular flexibility index (Phi) is 5.21. The summed E-state index contributed by atoms with van der Waals surface area (Å²) in [5.74, 6) is 0.308. The summed E-state index contributed by atoms with van der Waals surface area (Å²) in [5, 5.41) is 10.1. The van der Waals surface area contributed by atoms with Crippen molar-refractivity contribution in [3.8, 4) is 11.1 Å². The molecule has 0 unspecified atom stereocenters. The molecule has 0 bridgehead atoms. The number of pyridine rings is 1. The molecule has 9 nitrogen and oxygen atoms in total. The van der Waals surface area contributed by atoms with E-state index in [1.165, 1.54) is 6.92 Å². The molecule has 1 fully saturated rings. The maximum absolute atomic E-state index is 12.2. The van der Waals surface area contributed by atoms with Gasteiger partial charge in [0.2, 0.25) is 21.9 Å². The lowest BCUT2D eigenvalue weighted by molar-refractivity contribution is -0.114. The Bertz CT molecular complexity index is 1430. The van der Waals surface area contributed by atoms with Crippen molar-refractivity contribution in [3.05, 3.63) is 66.9 Å². The smallest absolute Gasteiger partial charge is 0.247 e. The maximum atomic E-state index is 12.2. The molecule has 2 aromatic heterocycles. The van der Waals surface area contributed by atoms with Gasteiger partial charge < -0.3 is 10.6 Å². The highest BCUT2D eigenvalue weighted by molar-refractivity contribution is 7.93. The minimum Gasteiger partial charge on any atom is -0.326 e. The second kappa shape index (κ2) is 8.21. The van der Waals surface area contributed by atoms with E-state index in [2.05, 4.69) is 25.4 Å². The lowest BCUT2D eigenvalue weighted by Crippen LogP contribution is -2.17. The molecule has 0 spiro atoms. The van der Waals surface area contributed by atoms with Crippen molar-refractivity contribution in [1.82, 2.24) is 14.6 Å². The van der Waals surface area contributed by atoms with Gasteiger partial charge in [0.05, 0.1) is 5.25 Å². The molecule has 4 aromatic rings. The lowest BCUT2D eigenvalue weighted by Gasteiger charge is -2.08. The van der Waals surface area contributed by atoms with Gasteiger partial charge in [-0.05, 0) is 66.9 Å². The minimum absolute atomic E-state index is 0.126. The van der Waals surface area contributed by atoms with E-state index in [0.29, 0.717) is 23.0 Å². The third kappa shape index (κ3) is 4.65. The number of sulfonamides is 1. The summed E-state index contributed by atoms with van der Waals surface area (Å²) in [5.41, 5.74) is 4.48. The summed E-state index contributed by atoms with van der Waals surface area (Å²) in [4.78, 5) is 15.8. The molecule has 1 aliphatic carbocycles. The van der Waals surface area contributed by atoms with Crippen LogP contribution in [0.1, 0.15) is 19.8 Å². The number of aromatic nitrogens is 3. The van der Waals surface area contributed by atoms with Crippen LogP contribution in [-0.2, 0) is 14.8 Å². The highest BCUT2D eigenvalue weighted by Gasteiger charge is 2.35. The molecular formula is C23H22N6O3S. The van der Waals surface area contributed by atoms with E-state index >= 15 is 0 Å². The summed E-state index contributed by atoms with van der Waals surface area (Å²) >= 11 is 0. The van der Waals surface area contributed by atoms with Crippen LogP contribution in [0.5, 0.6) is 0 Å². The number of benzene rings is 2. The molecule has 0 radical (unpaired) electrons. The first kappa shape index (κ1) is 21.0. The Hall–Kier alpha value is -3.92. The second-order valence-electron chi connectivity index (χ2n) is 7.93. The normalized spacial score (nSPS) is 13.6. The van der Waals surface area contributed by atoms with Crippen molar-refractivity contribution in [2.24, 2.45) is 0 Å². The van der Waals surface area contributed by atoms with Crippen LogP contribution in [0.2, 0.25) is 0 Å². The van der Waals surface area contributed by atoms with E-state index in [-0.39, 0.29) is 11.2 Å². The van der Waals surface area contributed by atoms with Crippen LogP contribution < -0.4 is 15.4 Å². The van der Waals surface area contributed by atoms with Crippen LogP contribution in [-0.4, -0.2) is 34.2 Å². The predicted molar refractivity (Wildman–Crippen MR) is 128 cm³/mol. The molecule has 33 heavy (non-hydrogen) atoms. The summed E-state index contributed by atoms with van der Waals surface area (Å²) in [6.07, 6.45) is 3.26. The Morgan fingerprint density at radius 1 is 0.970 bits per heavy atom. The molecule has 2 heterocycles. The number of anilines is 4. The first-order chi connectivity index (χ1) is 15.9. The Labute approximate surface area is 190 Å². The van der Waals surface area contributed by atoms with Crippen molar-refractivity contribution in [2.45, 2.75) is 25.0 Å². The van der Waals surface area contributed by atoms with Crippen molar-refractivity contribution < 1.29 is 13.2 Å². The maximum Gasteiger partial charge on any atom is 0.247 e. The summed E-state index contributed by atoms with van der Waals surface area (Å²) in [6, 6.07) is 18.3. The molecule has 1 amide bonds. The molecule has 0 aliphatic heterocycles. The van der Waals surface area contributed by atoms with Crippen molar-refractivity contribution >= 4 is 44.6 Å². The monoisotopic (exact) mass is 462 g/mol. The van der Waals surface area contributed by atoms with Gasteiger partial charge in [-0.15, -0.1) is 5.10 Å². The van der Waals surface area contributed by atoms with Crippen LogP contribution in [0.4, 0.5) is 23.0 Å². The average Bonchev–Trinajstić information content (AvgIpc) is 3.56. The van der Waals surface area contributed by atoms with Gasteiger partial charge in [0, 0.05) is 35.7 Å². The topological polar surface area (TPSA) is 117 Å². The number of amides is 1. The number of nitrogens with zero attached hydrogens (tertiary/aromatic N) is 3. The van der Waals surface area contributed by atoms with E-state index in [1.54, 1.807) is 28.8 Å². The third-order valence-electron chi connectivity index (χ3n) is 5.24. The number of fused-ring (bicyclic) bond motifs is 1. The van der Waals surface area contributed by atoms with Gasteiger partial charge in [-0.1, -0.05) is 12.1 Å². The van der Waals surface area contributed by atoms with Crippen molar-refractivity contribution in [2.75, 3.05) is 15.4 Å². The van der Waals surface area contributed by atoms with E-state index in [0.717, 1.165) is 29.7 Å². The minimum atomic E-state index is -3.29. The average molecular weight is 463 g/mol. The number of carbonyl (C=O) groups is 1. The van der Waals surface area contributed by atoms with E-state index in [1.807, 2.05) is 42.6 Å². The Morgan fingerprint density at radius 2 is 1.64 bits per heavy atom. The number of hydrogen-bond acceptors (Lipinski definition) is 6. The van der Waals surface area contributed by atoms with Crippen LogP contribution in [0, 0.1) is 0 Å². The Balaban J connectivity index is 1.37. The molecular weight excluding hydrogens is 440 g/mol. The standard InChI is InChI=1S/C23H22N6O3S/c1-15(30)24-17-8-10-18(11-9-17)25-23-26-22-21(3-2-14-29(22)27-23)16-4-6-19(7-5-16)28-33(31,32)20-12-13-20/h2-11,14,20,28H,12-13H2,1H3,(H,24,30)(H,25,27). The van der Waals surface area contributed by atoms with Crippen molar-refractivity contribution in [3.63, 3.8) is 0 Å². The molecule has 2 aromatic carbocycles. The fourth-order valence-corrected chi connectivity index (χ4v) is 4.89. The fourth-order valence-electron chi connectivity index (χ4n) is 3.50. The van der Waals surface area contributed by atoms with E-state index in [4.69, 9.17) is 0 Å². The number of nitrogens with one attached hydrogen (secondary N) is 3. The number of hydrogen-bond donors (Lipinski definition) is 3. The van der Waals surface area contributed by atoms with Gasteiger partial charge in [-0.3, -0.25) is 9.52 Å². The zero-order valence-electron chi connectivity index (χ0n) is 17.8. The van der Waals surface area contributed by atoms with Crippen LogP contribution in [0.15, 0.2) is 66.9 Å². The lowest BCUT2D eigenvalue weighted by atomic mass is 10.1. The molecule has 1 aliphatic rings. The zero-order valence-corrected chi connectivity index (χ0v) is 18.6. The van der Waals surface area contributed by atoms with Crippen LogP contribution in [0.3, 0.4) is 0 Å². The molecule has 0 atom stereocenters. The largest absolute Gasteiger partial charge is 0.326 e. The van der Waals surface area contributed by atoms with Gasteiger partial charge in [0.1, 0.15) is 0 Å². The van der Waals surface area contributed by atoms with Crippen LogP contribution in [0.25, 0.3) is 16.8 Å². The third-order valence-corrected chi connectivity index (χ3v) is 7.11. The number of carbonyl (C=O) groups excluding carboxylic acids is 1. The summed E-state index contributed by atoms with van der Waals surface area (Å²) in [7, 11) is -3.29. The highest BCUT2D eigenvalue weighted by Crippen LogP contribution is 2.31. The van der Waals surface area contributed by atoms with Crippen molar-refractivity contribution in [1.29, 1.82) is 0 Å². The molecule has 1 saturated carbocycles. The van der Waals surface area contributed by atoms with E-state index < -0.39 is 10.0 Å². The molecule has 10 heteroatoms. The summed E-state index contributed by atoms with van der Waals surface area (Å²) < 4.78 is 28.6. The molecule has 0 saturated heterocycles. The second-order valence-corrected chi connectivity index (χ2v) is 9.89. The number of rotatable bonds is 7. The highest BCUT2D eigenvalue weighted by atomic mass is 32.2. The predicted octanol–water partition coefficient (Wildman–Crippen LogP) is 4.00. The SMILES string of the molecule is CC(=O)Nc1ccc(Nc2nc3c(-c4ccc(NS(=O)(=O)C5CC5)cc4)cccn3n2)cc1. The van der Waals surface area contributed by atoms with E-state index in [9.17, 15) is 13.2 Å². The Morgan fingerprint density at radius 3 is 2.30 bits per heavy atom. The van der Waals surface area contributed by atoms with Crippen LogP contribution >= 0.6 is 0 Å². The first-order valence-electron chi connectivity index (χ1n) is 10.5. The molecule has 5 rings (SSSR count). The first-order valence-corrected chi connectivity index (χ1v) is 12.0. The molecule has 3 N–H and O–H groups in total. The van der Waals surface area contributed by atoms with Gasteiger partial charge >= 0.3 is 0 Å². The molecule has 168 valence electrons. The van der Waals surface area contributed by atoms with Gasteiger partial charge in [0.15, 0.2) is 5.65 Å². The fraction of sp³-hybridized carbons (Fsp3) is 0.174. The quantitative estimate of drug-likeness (QED) is 0.382. The summed E-state index contributed by atoms with van der Waals surface area (Å²) in [6.45, 7) is 1.46. The zero-order chi connectivity index (χ0) is 23.0.